The van der Waals surface area contributed by atoms with Crippen LogP contribution < -0.4 is 15.8 Å². The summed E-state index contributed by atoms with van der Waals surface area (Å²) >= 11 is 0. The van der Waals surface area contributed by atoms with Gasteiger partial charge in [0.25, 0.3) is 0 Å². The molecule has 1 aromatic rings. The second-order valence-electron chi connectivity index (χ2n) is 5.19. The number of aliphatic imine (C=N–C) groups is 1. The summed E-state index contributed by atoms with van der Waals surface area (Å²) in [6.07, 6.45) is -4.18. The molecule has 6 nitrogen and oxygen atoms in total. The highest BCUT2D eigenvalue weighted by Gasteiger charge is 2.31. The summed E-state index contributed by atoms with van der Waals surface area (Å²) in [5.41, 5.74) is 6.11. The van der Waals surface area contributed by atoms with E-state index in [0.717, 1.165) is 12.1 Å². The lowest BCUT2D eigenvalue weighted by Gasteiger charge is -2.10. The van der Waals surface area contributed by atoms with E-state index in [1.165, 1.54) is 12.1 Å². The summed E-state index contributed by atoms with van der Waals surface area (Å²) in [6, 6.07) is 5.02. The quantitative estimate of drug-likeness (QED) is 0.393. The summed E-state index contributed by atoms with van der Waals surface area (Å²) in [5, 5.41) is 2.72. The zero-order valence-corrected chi connectivity index (χ0v) is 15.6. The minimum Gasteiger partial charge on any atom is -0.406 e. The van der Waals surface area contributed by atoms with Crippen molar-refractivity contribution in [2.24, 2.45) is 16.6 Å². The van der Waals surface area contributed by atoms with Crippen molar-refractivity contribution in [1.82, 2.24) is 0 Å². The van der Waals surface area contributed by atoms with E-state index in [1.54, 1.807) is 0 Å². The monoisotopic (exact) mass is 479 g/mol. The third-order valence-corrected chi connectivity index (χ3v) is 5.04. The Morgan fingerprint density at radius 3 is 2.46 bits per heavy atom. The van der Waals surface area contributed by atoms with Crippen molar-refractivity contribution in [3.8, 4) is 5.75 Å². The first-order valence-corrected chi connectivity index (χ1v) is 8.58. The number of hydrogen-bond acceptors (Lipinski definition) is 4. The third kappa shape index (κ3) is 7.11. The van der Waals surface area contributed by atoms with Gasteiger partial charge in [-0.05, 0) is 36.6 Å². The van der Waals surface area contributed by atoms with Crippen molar-refractivity contribution < 1.29 is 26.3 Å². The molecule has 1 aliphatic heterocycles. The molecule has 0 bridgehead atoms. The molecule has 1 aliphatic rings. The molecule has 1 heterocycles. The fraction of sp³-hybridized carbons (Fsp3) is 0.462. The molecular formula is C13H17F3IN3O3S. The first-order valence-electron chi connectivity index (χ1n) is 6.76. The molecule has 1 aromatic carbocycles. The van der Waals surface area contributed by atoms with Crippen molar-refractivity contribution in [2.75, 3.05) is 23.4 Å². The molecule has 0 aliphatic carbocycles. The molecule has 24 heavy (non-hydrogen) atoms. The third-order valence-electron chi connectivity index (χ3n) is 3.21. The number of halogens is 4. The van der Waals surface area contributed by atoms with Gasteiger partial charge in [0.05, 0.1) is 11.5 Å². The standard InChI is InChI=1S/C13H16F3N3O3S.HI/c14-13(15,16)22-11-3-1-10(2-4-11)19-12(17)18-7-9-5-6-23(20,21)8-9;/h1-4,9H,5-8H2,(H3,17,18,19);1H. The maximum Gasteiger partial charge on any atom is 0.573 e. The molecule has 3 N–H and O–H groups in total. The lowest BCUT2D eigenvalue weighted by Crippen LogP contribution is -2.24. The average molecular weight is 479 g/mol. The highest BCUT2D eigenvalue weighted by molar-refractivity contribution is 14.0. The first-order chi connectivity index (χ1) is 10.6. The Morgan fingerprint density at radius 1 is 1.33 bits per heavy atom. The largest absolute Gasteiger partial charge is 0.573 e. The van der Waals surface area contributed by atoms with E-state index in [2.05, 4.69) is 15.0 Å². The molecule has 0 saturated carbocycles. The van der Waals surface area contributed by atoms with Crippen LogP contribution in [0.25, 0.3) is 0 Å². The summed E-state index contributed by atoms with van der Waals surface area (Å²) < 4.78 is 62.5. The molecular weight excluding hydrogens is 462 g/mol. The molecule has 136 valence electrons. The summed E-state index contributed by atoms with van der Waals surface area (Å²) in [5.74, 6) is -0.0505. The van der Waals surface area contributed by atoms with Crippen LogP contribution in [-0.2, 0) is 9.84 Å². The predicted octanol–water partition coefficient (Wildman–Crippen LogP) is 2.36. The van der Waals surface area contributed by atoms with Crippen molar-refractivity contribution >= 4 is 45.5 Å². The van der Waals surface area contributed by atoms with Gasteiger partial charge in [-0.25, -0.2) is 8.42 Å². The van der Waals surface area contributed by atoms with E-state index >= 15 is 0 Å². The Bertz CT molecular complexity index is 678. The number of sulfone groups is 1. The van der Waals surface area contributed by atoms with Crippen LogP contribution in [0, 0.1) is 5.92 Å². The number of alkyl halides is 3. The molecule has 11 heteroatoms. The number of rotatable bonds is 4. The van der Waals surface area contributed by atoms with Crippen molar-refractivity contribution in [1.29, 1.82) is 0 Å². The Morgan fingerprint density at radius 2 is 1.96 bits per heavy atom. The summed E-state index contributed by atoms with van der Waals surface area (Å²) in [6.45, 7) is 0.285. The minimum atomic E-state index is -4.74. The Hall–Kier alpha value is -1.24. The number of nitrogens with zero attached hydrogens (tertiary/aromatic N) is 1. The number of guanidine groups is 1. The molecule has 0 aromatic heterocycles. The van der Waals surface area contributed by atoms with Gasteiger partial charge in [0.2, 0.25) is 0 Å². The average Bonchev–Trinajstić information content (AvgIpc) is 2.77. The SMILES string of the molecule is I.NC(=NCC1CCS(=O)(=O)C1)Nc1ccc(OC(F)(F)F)cc1. The number of anilines is 1. The van der Waals surface area contributed by atoms with Crippen LogP contribution in [0.15, 0.2) is 29.3 Å². The van der Waals surface area contributed by atoms with E-state index < -0.39 is 16.2 Å². The fourth-order valence-electron chi connectivity index (χ4n) is 2.17. The number of nitrogens with one attached hydrogen (secondary N) is 1. The smallest absolute Gasteiger partial charge is 0.406 e. The van der Waals surface area contributed by atoms with Crippen LogP contribution in [0.3, 0.4) is 0 Å². The van der Waals surface area contributed by atoms with Crippen LogP contribution in [0.5, 0.6) is 5.75 Å². The number of nitrogens with two attached hydrogens (primary N) is 1. The van der Waals surface area contributed by atoms with E-state index in [4.69, 9.17) is 5.73 Å². The van der Waals surface area contributed by atoms with Gasteiger partial charge in [0.15, 0.2) is 15.8 Å². The van der Waals surface area contributed by atoms with Gasteiger partial charge in [-0.3, -0.25) is 4.99 Å². The van der Waals surface area contributed by atoms with Gasteiger partial charge in [0, 0.05) is 12.2 Å². The molecule has 2 rings (SSSR count). The topological polar surface area (TPSA) is 93.8 Å². The predicted molar refractivity (Wildman–Crippen MR) is 95.4 cm³/mol. The van der Waals surface area contributed by atoms with Gasteiger partial charge in [-0.2, -0.15) is 0 Å². The first kappa shape index (κ1) is 20.8. The van der Waals surface area contributed by atoms with E-state index in [0.29, 0.717) is 12.1 Å². The van der Waals surface area contributed by atoms with E-state index in [9.17, 15) is 21.6 Å². The zero-order valence-electron chi connectivity index (χ0n) is 12.4. The normalized spacial score (nSPS) is 20.3. The molecule has 0 spiro atoms. The lowest BCUT2D eigenvalue weighted by molar-refractivity contribution is -0.274. The second kappa shape index (κ2) is 8.23. The number of benzene rings is 1. The van der Waals surface area contributed by atoms with Crippen LogP contribution in [0.2, 0.25) is 0 Å². The summed E-state index contributed by atoms with van der Waals surface area (Å²) in [4.78, 5) is 4.06. The molecule has 0 amide bonds. The van der Waals surface area contributed by atoms with Gasteiger partial charge in [-0.15, -0.1) is 37.1 Å². The maximum atomic E-state index is 12.0. The zero-order chi connectivity index (χ0) is 17.1. The van der Waals surface area contributed by atoms with E-state index in [-0.39, 0.29) is 59.7 Å². The highest BCUT2D eigenvalue weighted by atomic mass is 127. The number of hydrogen-bond donors (Lipinski definition) is 2. The van der Waals surface area contributed by atoms with Crippen molar-refractivity contribution in [3.05, 3.63) is 24.3 Å². The Labute approximate surface area is 154 Å². The second-order valence-corrected chi connectivity index (χ2v) is 7.42. The van der Waals surface area contributed by atoms with Crippen LogP contribution in [0.1, 0.15) is 6.42 Å². The van der Waals surface area contributed by atoms with Crippen LogP contribution >= 0.6 is 24.0 Å². The van der Waals surface area contributed by atoms with Crippen LogP contribution in [0.4, 0.5) is 18.9 Å². The van der Waals surface area contributed by atoms with Crippen LogP contribution in [-0.4, -0.2) is 38.8 Å². The molecule has 1 unspecified atom stereocenters. The minimum absolute atomic E-state index is 0. The molecule has 1 atom stereocenters. The van der Waals surface area contributed by atoms with E-state index in [1.807, 2.05) is 0 Å². The van der Waals surface area contributed by atoms with Crippen molar-refractivity contribution in [3.63, 3.8) is 0 Å². The highest BCUT2D eigenvalue weighted by Crippen LogP contribution is 2.24. The maximum absolute atomic E-state index is 12.0. The molecule has 1 fully saturated rings. The number of ether oxygens (including phenoxy) is 1. The Balaban J connectivity index is 0.00000288. The van der Waals surface area contributed by atoms with Gasteiger partial charge in [-0.1, -0.05) is 0 Å². The van der Waals surface area contributed by atoms with Gasteiger partial charge < -0.3 is 15.8 Å². The molecule has 0 radical (unpaired) electrons. The fourth-order valence-corrected chi connectivity index (χ4v) is 4.02. The molecule has 1 saturated heterocycles. The van der Waals surface area contributed by atoms with Gasteiger partial charge >= 0.3 is 6.36 Å². The summed E-state index contributed by atoms with van der Waals surface area (Å²) in [7, 11) is -2.96. The lowest BCUT2D eigenvalue weighted by atomic mass is 10.1. The van der Waals surface area contributed by atoms with Crippen molar-refractivity contribution in [2.45, 2.75) is 12.8 Å². The van der Waals surface area contributed by atoms with Gasteiger partial charge in [0.1, 0.15) is 5.75 Å². The Kier molecular flexibility index (Phi) is 7.13.